The van der Waals surface area contributed by atoms with Gasteiger partial charge in [-0.2, -0.15) is 4.98 Å². The van der Waals surface area contributed by atoms with Gasteiger partial charge in [-0.05, 0) is 36.8 Å². The van der Waals surface area contributed by atoms with E-state index in [-0.39, 0.29) is 11.9 Å². The molecular weight excluding hydrogens is 332 g/mol. The lowest BCUT2D eigenvalue weighted by molar-refractivity contribution is 0.101. The van der Waals surface area contributed by atoms with Crippen LogP contribution in [-0.2, 0) is 0 Å². The number of amides is 1. The van der Waals surface area contributed by atoms with Crippen molar-refractivity contribution in [3.8, 4) is 17.3 Å². The summed E-state index contributed by atoms with van der Waals surface area (Å²) in [6, 6.07) is 8.99. The number of pyridine rings is 1. The number of carbonyl (C=O) groups is 1. The molecule has 4 aromatic heterocycles. The van der Waals surface area contributed by atoms with Gasteiger partial charge in [0.25, 0.3) is 5.91 Å². The molecule has 8 heteroatoms. The average Bonchev–Trinajstić information content (AvgIpc) is 3.32. The lowest BCUT2D eigenvalue weighted by Crippen LogP contribution is -2.17. The maximum Gasteiger partial charge on any atom is 0.302 e. The zero-order chi connectivity index (χ0) is 17.9. The van der Waals surface area contributed by atoms with E-state index in [1.165, 1.54) is 6.26 Å². The van der Waals surface area contributed by atoms with Gasteiger partial charge in [0.15, 0.2) is 0 Å². The van der Waals surface area contributed by atoms with Gasteiger partial charge < -0.3 is 4.42 Å². The van der Waals surface area contributed by atoms with E-state index in [9.17, 15) is 4.79 Å². The summed E-state index contributed by atoms with van der Waals surface area (Å²) in [6.45, 7) is 1.93. The summed E-state index contributed by atoms with van der Waals surface area (Å²) < 4.78 is 6.95. The van der Waals surface area contributed by atoms with Gasteiger partial charge in [0.05, 0.1) is 5.69 Å². The second-order valence-electron chi connectivity index (χ2n) is 5.47. The van der Waals surface area contributed by atoms with Crippen molar-refractivity contribution < 1.29 is 9.21 Å². The minimum absolute atomic E-state index is 0.0942. The highest BCUT2D eigenvalue weighted by Crippen LogP contribution is 2.22. The summed E-state index contributed by atoms with van der Waals surface area (Å²) >= 11 is 0. The molecule has 0 spiro atoms. The first kappa shape index (κ1) is 15.7. The van der Waals surface area contributed by atoms with Crippen LogP contribution in [0.25, 0.3) is 17.3 Å². The van der Waals surface area contributed by atoms with Crippen LogP contribution >= 0.6 is 0 Å². The molecule has 1 N–H and O–H groups in total. The molecule has 1 amide bonds. The SMILES string of the molecule is Cc1cccnc1-c1coc(NC(=O)c2cccn2-c2ncccn2)n1. The number of hydrogen-bond acceptors (Lipinski definition) is 6. The number of anilines is 1. The molecule has 8 nitrogen and oxygen atoms in total. The Morgan fingerprint density at radius 3 is 2.69 bits per heavy atom. The fourth-order valence-corrected chi connectivity index (χ4v) is 2.51. The largest absolute Gasteiger partial charge is 0.431 e. The number of aromatic nitrogens is 5. The van der Waals surface area contributed by atoms with E-state index >= 15 is 0 Å². The third kappa shape index (κ3) is 2.95. The molecule has 0 radical (unpaired) electrons. The van der Waals surface area contributed by atoms with Crippen molar-refractivity contribution in [1.29, 1.82) is 0 Å². The molecule has 0 saturated carbocycles. The molecule has 0 saturated heterocycles. The van der Waals surface area contributed by atoms with Crippen LogP contribution in [0.2, 0.25) is 0 Å². The quantitative estimate of drug-likeness (QED) is 0.610. The van der Waals surface area contributed by atoms with Gasteiger partial charge in [0.2, 0.25) is 5.95 Å². The van der Waals surface area contributed by atoms with Crippen LogP contribution in [0.15, 0.2) is 65.8 Å². The Morgan fingerprint density at radius 2 is 1.88 bits per heavy atom. The average molecular weight is 346 g/mol. The summed E-state index contributed by atoms with van der Waals surface area (Å²) in [5.74, 6) is 0.0217. The minimum Gasteiger partial charge on any atom is -0.431 e. The molecule has 4 heterocycles. The number of hydrogen-bond donors (Lipinski definition) is 1. The fourth-order valence-electron chi connectivity index (χ4n) is 2.51. The van der Waals surface area contributed by atoms with E-state index in [1.54, 1.807) is 47.6 Å². The molecule has 4 aromatic rings. The maximum absolute atomic E-state index is 12.6. The van der Waals surface area contributed by atoms with Crippen LogP contribution in [-0.4, -0.2) is 30.4 Å². The van der Waals surface area contributed by atoms with E-state index in [1.807, 2.05) is 19.1 Å². The van der Waals surface area contributed by atoms with Crippen molar-refractivity contribution in [3.05, 3.63) is 72.6 Å². The number of carbonyl (C=O) groups excluding carboxylic acids is 1. The Morgan fingerprint density at radius 1 is 1.08 bits per heavy atom. The van der Waals surface area contributed by atoms with Gasteiger partial charge in [-0.15, -0.1) is 0 Å². The van der Waals surface area contributed by atoms with Gasteiger partial charge in [0, 0.05) is 24.8 Å². The number of aryl methyl sites for hydroxylation is 1. The second-order valence-corrected chi connectivity index (χ2v) is 5.47. The van der Waals surface area contributed by atoms with Crippen molar-refractivity contribution >= 4 is 11.9 Å². The zero-order valence-corrected chi connectivity index (χ0v) is 13.8. The number of nitrogens with zero attached hydrogens (tertiary/aromatic N) is 5. The fraction of sp³-hybridized carbons (Fsp3) is 0.0556. The van der Waals surface area contributed by atoms with Crippen molar-refractivity contribution in [3.63, 3.8) is 0 Å². The number of nitrogens with one attached hydrogen (secondary N) is 1. The van der Waals surface area contributed by atoms with E-state index in [4.69, 9.17) is 4.42 Å². The monoisotopic (exact) mass is 346 g/mol. The van der Waals surface area contributed by atoms with Crippen LogP contribution in [0, 0.1) is 6.92 Å². The van der Waals surface area contributed by atoms with Crippen LogP contribution < -0.4 is 5.32 Å². The van der Waals surface area contributed by atoms with E-state index in [0.29, 0.717) is 23.0 Å². The third-order valence-electron chi connectivity index (χ3n) is 3.73. The molecular formula is C18H14N6O2. The molecule has 128 valence electrons. The van der Waals surface area contributed by atoms with Gasteiger partial charge in [-0.1, -0.05) is 6.07 Å². The van der Waals surface area contributed by atoms with Crippen molar-refractivity contribution in [1.82, 2.24) is 24.5 Å². The van der Waals surface area contributed by atoms with Crippen LogP contribution in [0.3, 0.4) is 0 Å². The molecule has 0 atom stereocenters. The minimum atomic E-state index is -0.381. The Balaban J connectivity index is 1.57. The summed E-state index contributed by atoms with van der Waals surface area (Å²) in [7, 11) is 0. The van der Waals surface area contributed by atoms with E-state index in [0.717, 1.165) is 5.56 Å². The molecule has 0 unspecified atom stereocenters. The Hall–Kier alpha value is -3.81. The van der Waals surface area contributed by atoms with Crippen LogP contribution in [0.4, 0.5) is 6.01 Å². The lowest BCUT2D eigenvalue weighted by Gasteiger charge is -2.06. The Bertz CT molecular complexity index is 1050. The predicted octanol–water partition coefficient (Wildman–Crippen LogP) is 2.88. The second kappa shape index (κ2) is 6.60. The number of rotatable bonds is 4. The molecule has 0 aliphatic rings. The van der Waals surface area contributed by atoms with Gasteiger partial charge in [0.1, 0.15) is 17.7 Å². The molecule has 0 aliphatic heterocycles. The normalized spacial score (nSPS) is 10.7. The van der Waals surface area contributed by atoms with Crippen molar-refractivity contribution in [2.24, 2.45) is 0 Å². The topological polar surface area (TPSA) is 98.7 Å². The van der Waals surface area contributed by atoms with Crippen LogP contribution in [0.1, 0.15) is 16.1 Å². The van der Waals surface area contributed by atoms with Gasteiger partial charge >= 0.3 is 6.01 Å². The summed E-state index contributed by atoms with van der Waals surface area (Å²) in [6.07, 6.45) is 8.08. The summed E-state index contributed by atoms with van der Waals surface area (Å²) in [4.78, 5) is 29.5. The molecule has 0 aromatic carbocycles. The van der Waals surface area contributed by atoms with Crippen molar-refractivity contribution in [2.45, 2.75) is 6.92 Å². The standard InChI is InChI=1S/C18H14N6O2/c1-12-5-2-7-19-15(12)13-11-26-18(22-13)23-16(25)14-6-3-10-24(14)17-20-8-4-9-21-17/h2-11H,1H3,(H,22,23,25). The lowest BCUT2D eigenvalue weighted by atomic mass is 10.2. The third-order valence-corrected chi connectivity index (χ3v) is 3.73. The highest BCUT2D eigenvalue weighted by atomic mass is 16.4. The number of oxazole rings is 1. The van der Waals surface area contributed by atoms with E-state index in [2.05, 4.69) is 25.3 Å². The Kier molecular flexibility index (Phi) is 3.98. The molecule has 0 aliphatic carbocycles. The van der Waals surface area contributed by atoms with Crippen molar-refractivity contribution in [2.75, 3.05) is 5.32 Å². The van der Waals surface area contributed by atoms with Gasteiger partial charge in [-0.3, -0.25) is 19.7 Å². The molecule has 0 bridgehead atoms. The first-order valence-corrected chi connectivity index (χ1v) is 7.86. The maximum atomic E-state index is 12.6. The predicted molar refractivity (Wildman–Crippen MR) is 93.8 cm³/mol. The molecule has 0 fully saturated rings. The highest BCUT2D eigenvalue weighted by Gasteiger charge is 2.17. The Labute approximate surface area is 148 Å². The highest BCUT2D eigenvalue weighted by molar-refractivity contribution is 6.02. The first-order valence-electron chi connectivity index (χ1n) is 7.86. The smallest absolute Gasteiger partial charge is 0.302 e. The molecule has 4 rings (SSSR count). The molecule has 26 heavy (non-hydrogen) atoms. The van der Waals surface area contributed by atoms with E-state index < -0.39 is 0 Å². The zero-order valence-electron chi connectivity index (χ0n) is 13.8. The first-order chi connectivity index (χ1) is 12.7. The van der Waals surface area contributed by atoms with Crippen LogP contribution in [0.5, 0.6) is 0 Å². The van der Waals surface area contributed by atoms with Gasteiger partial charge in [-0.25, -0.2) is 9.97 Å². The summed E-state index contributed by atoms with van der Waals surface area (Å²) in [5.41, 5.74) is 2.59. The summed E-state index contributed by atoms with van der Waals surface area (Å²) in [5, 5.41) is 2.64.